The Morgan fingerprint density at radius 3 is 2.17 bits per heavy atom. The van der Waals surface area contributed by atoms with Gasteiger partial charge in [0, 0.05) is 12.1 Å². The van der Waals surface area contributed by atoms with Crippen molar-refractivity contribution >= 4 is 10.0 Å². The number of hydrogen-bond acceptors (Lipinski definition) is 2. The Kier molecular flexibility index (Phi) is 3.77. The normalized spacial score (nSPS) is 23.5. The molecule has 2 atom stereocenters. The molecule has 0 spiro atoms. The standard InChI is InChI=1S/C19H18FNO2S/c20-16-8-4-14(5-9-16)15-6-12-19(13-7-15)24(22,23)21-17-2-1-3-18(21)11-10-17/h1-2,4-9,12-13,17-18H,3,10-11H2. The Bertz CT molecular complexity index is 873. The summed E-state index contributed by atoms with van der Waals surface area (Å²) >= 11 is 0. The quantitative estimate of drug-likeness (QED) is 0.791. The molecule has 2 aromatic rings. The monoisotopic (exact) mass is 343 g/mol. The predicted octanol–water partition coefficient (Wildman–Crippen LogP) is 3.97. The van der Waals surface area contributed by atoms with Crippen LogP contribution in [0.25, 0.3) is 11.1 Å². The van der Waals surface area contributed by atoms with Gasteiger partial charge in [-0.05, 0) is 54.7 Å². The minimum absolute atomic E-state index is 0.00877. The van der Waals surface area contributed by atoms with Crippen molar-refractivity contribution in [1.29, 1.82) is 0 Å². The second kappa shape index (κ2) is 5.83. The number of benzene rings is 2. The van der Waals surface area contributed by atoms with Gasteiger partial charge in [0.1, 0.15) is 5.82 Å². The average molecular weight is 343 g/mol. The largest absolute Gasteiger partial charge is 0.243 e. The van der Waals surface area contributed by atoms with E-state index in [9.17, 15) is 12.8 Å². The predicted molar refractivity (Wildman–Crippen MR) is 91.4 cm³/mol. The Morgan fingerprint density at radius 2 is 1.54 bits per heavy atom. The molecule has 1 saturated heterocycles. The van der Waals surface area contributed by atoms with E-state index in [4.69, 9.17) is 0 Å². The van der Waals surface area contributed by atoms with Crippen molar-refractivity contribution in [1.82, 2.24) is 4.31 Å². The van der Waals surface area contributed by atoms with Gasteiger partial charge in [0.2, 0.25) is 10.0 Å². The summed E-state index contributed by atoms with van der Waals surface area (Å²) in [6.07, 6.45) is 6.71. The van der Waals surface area contributed by atoms with Crippen molar-refractivity contribution in [2.75, 3.05) is 0 Å². The molecule has 0 aromatic heterocycles. The summed E-state index contributed by atoms with van der Waals surface area (Å²) in [7, 11) is -3.48. The summed E-state index contributed by atoms with van der Waals surface area (Å²) < 4.78 is 40.7. The van der Waals surface area contributed by atoms with Crippen LogP contribution in [0.1, 0.15) is 19.3 Å². The van der Waals surface area contributed by atoms with Crippen LogP contribution in [0.3, 0.4) is 0 Å². The second-order valence-corrected chi connectivity index (χ2v) is 8.17. The number of sulfonamides is 1. The first kappa shape index (κ1) is 15.5. The molecule has 0 amide bonds. The molecule has 1 fully saturated rings. The molecule has 4 rings (SSSR count). The number of halogens is 1. The van der Waals surface area contributed by atoms with Gasteiger partial charge in [-0.25, -0.2) is 12.8 Å². The summed E-state index contributed by atoms with van der Waals surface area (Å²) in [6.45, 7) is 0. The number of rotatable bonds is 3. The molecule has 2 aliphatic rings. The van der Waals surface area contributed by atoms with Gasteiger partial charge in [0.25, 0.3) is 0 Å². The highest BCUT2D eigenvalue weighted by molar-refractivity contribution is 7.89. The second-order valence-electron chi connectivity index (χ2n) is 6.33. The van der Waals surface area contributed by atoms with Crippen LogP contribution < -0.4 is 0 Å². The third-order valence-electron chi connectivity index (χ3n) is 4.86. The Morgan fingerprint density at radius 1 is 0.917 bits per heavy atom. The first-order valence-electron chi connectivity index (χ1n) is 8.12. The first-order chi connectivity index (χ1) is 11.6. The van der Waals surface area contributed by atoms with Crippen molar-refractivity contribution in [3.05, 3.63) is 66.5 Å². The average Bonchev–Trinajstić information content (AvgIpc) is 2.87. The van der Waals surface area contributed by atoms with Gasteiger partial charge in [-0.1, -0.05) is 36.4 Å². The molecule has 124 valence electrons. The van der Waals surface area contributed by atoms with Crippen LogP contribution in [0.4, 0.5) is 4.39 Å². The summed E-state index contributed by atoms with van der Waals surface area (Å²) in [6, 6.07) is 13.1. The fourth-order valence-corrected chi connectivity index (χ4v) is 5.48. The fourth-order valence-electron chi connectivity index (χ4n) is 3.64. The molecule has 2 aliphatic heterocycles. The molecular weight excluding hydrogens is 325 g/mol. The molecule has 2 heterocycles. The van der Waals surface area contributed by atoms with E-state index in [2.05, 4.69) is 6.08 Å². The van der Waals surface area contributed by atoms with Crippen LogP contribution in [0.15, 0.2) is 65.6 Å². The van der Waals surface area contributed by atoms with Crippen LogP contribution >= 0.6 is 0 Å². The van der Waals surface area contributed by atoms with E-state index in [0.29, 0.717) is 4.90 Å². The van der Waals surface area contributed by atoms with E-state index in [1.807, 2.05) is 6.08 Å². The lowest BCUT2D eigenvalue weighted by molar-refractivity contribution is 0.341. The Labute approximate surface area is 141 Å². The molecule has 2 unspecified atom stereocenters. The summed E-state index contributed by atoms with van der Waals surface area (Å²) in [4.78, 5) is 0.320. The lowest BCUT2D eigenvalue weighted by Crippen LogP contribution is -2.41. The van der Waals surface area contributed by atoms with Crippen molar-refractivity contribution in [3.63, 3.8) is 0 Å². The van der Waals surface area contributed by atoms with Crippen LogP contribution in [0, 0.1) is 5.82 Å². The highest BCUT2D eigenvalue weighted by Crippen LogP contribution is 2.36. The van der Waals surface area contributed by atoms with Crippen molar-refractivity contribution in [3.8, 4) is 11.1 Å². The van der Waals surface area contributed by atoms with Crippen molar-refractivity contribution in [2.45, 2.75) is 36.2 Å². The first-order valence-corrected chi connectivity index (χ1v) is 9.56. The van der Waals surface area contributed by atoms with Gasteiger partial charge < -0.3 is 0 Å². The van der Waals surface area contributed by atoms with E-state index in [1.165, 1.54) is 12.1 Å². The van der Waals surface area contributed by atoms with Crippen LogP contribution in [0.5, 0.6) is 0 Å². The lowest BCUT2D eigenvalue weighted by atomic mass is 10.1. The number of hydrogen-bond donors (Lipinski definition) is 0. The maximum atomic E-state index is 13.0. The minimum atomic E-state index is -3.48. The fraction of sp³-hybridized carbons (Fsp3) is 0.263. The van der Waals surface area contributed by atoms with Gasteiger partial charge in [-0.15, -0.1) is 0 Å². The zero-order chi connectivity index (χ0) is 16.7. The zero-order valence-electron chi connectivity index (χ0n) is 13.1. The van der Waals surface area contributed by atoms with Crippen LogP contribution in [-0.4, -0.2) is 24.8 Å². The maximum absolute atomic E-state index is 13.0. The Hall–Kier alpha value is -1.98. The van der Waals surface area contributed by atoms with E-state index < -0.39 is 10.0 Å². The maximum Gasteiger partial charge on any atom is 0.243 e. The SMILES string of the molecule is O=S(=O)(c1ccc(-c2ccc(F)cc2)cc1)N1C2C=CCC1CC2. The van der Waals surface area contributed by atoms with Crippen LogP contribution in [-0.2, 0) is 10.0 Å². The molecule has 3 nitrogen and oxygen atoms in total. The van der Waals surface area contributed by atoms with Crippen molar-refractivity contribution < 1.29 is 12.8 Å². The lowest BCUT2D eigenvalue weighted by Gasteiger charge is -2.30. The molecule has 2 aromatic carbocycles. The summed E-state index contributed by atoms with van der Waals surface area (Å²) in [5.41, 5.74) is 1.73. The van der Waals surface area contributed by atoms with Gasteiger partial charge in [0.15, 0.2) is 0 Å². The Balaban J connectivity index is 1.65. The van der Waals surface area contributed by atoms with E-state index in [1.54, 1.807) is 40.7 Å². The van der Waals surface area contributed by atoms with Crippen molar-refractivity contribution in [2.24, 2.45) is 0 Å². The molecule has 0 radical (unpaired) electrons. The molecular formula is C19H18FNO2S. The summed E-state index contributed by atoms with van der Waals surface area (Å²) in [5, 5.41) is 0. The van der Waals surface area contributed by atoms with Gasteiger partial charge >= 0.3 is 0 Å². The third kappa shape index (κ3) is 2.58. The van der Waals surface area contributed by atoms with Gasteiger partial charge in [-0.2, -0.15) is 4.31 Å². The van der Waals surface area contributed by atoms with E-state index >= 15 is 0 Å². The zero-order valence-corrected chi connectivity index (χ0v) is 13.9. The third-order valence-corrected chi connectivity index (χ3v) is 6.85. The van der Waals surface area contributed by atoms with Crippen LogP contribution in [0.2, 0.25) is 0 Å². The number of fused-ring (bicyclic) bond motifs is 2. The van der Waals surface area contributed by atoms with E-state index in [0.717, 1.165) is 30.4 Å². The van der Waals surface area contributed by atoms with E-state index in [-0.39, 0.29) is 17.9 Å². The molecule has 0 N–H and O–H groups in total. The van der Waals surface area contributed by atoms with Gasteiger partial charge in [-0.3, -0.25) is 0 Å². The number of nitrogens with zero attached hydrogens (tertiary/aromatic N) is 1. The highest BCUT2D eigenvalue weighted by Gasteiger charge is 2.42. The molecule has 0 aliphatic carbocycles. The minimum Gasteiger partial charge on any atom is -0.207 e. The molecule has 2 bridgehead atoms. The molecule has 0 saturated carbocycles. The smallest absolute Gasteiger partial charge is 0.207 e. The highest BCUT2D eigenvalue weighted by atomic mass is 32.2. The van der Waals surface area contributed by atoms with Gasteiger partial charge in [0.05, 0.1) is 4.90 Å². The molecule has 24 heavy (non-hydrogen) atoms. The summed E-state index contributed by atoms with van der Waals surface area (Å²) in [5.74, 6) is -0.286. The topological polar surface area (TPSA) is 37.4 Å². The molecule has 5 heteroatoms.